The second-order valence-electron chi connectivity index (χ2n) is 6.85. The molecule has 4 N–H and O–H groups in total. The van der Waals surface area contributed by atoms with Crippen LogP contribution in [0.5, 0.6) is 5.75 Å². The molecule has 1 saturated heterocycles. The van der Waals surface area contributed by atoms with Crippen LogP contribution in [0, 0.1) is 0 Å². The molecule has 2 heterocycles. The molecule has 0 bridgehead atoms. The number of ether oxygens (including phenoxy) is 2. The minimum Gasteiger partial charge on any atom is -0.479 e. The maximum atomic E-state index is 12.6. The van der Waals surface area contributed by atoms with Crippen molar-refractivity contribution in [2.24, 2.45) is 0 Å². The Morgan fingerprint density at radius 1 is 0.933 bits per heavy atom. The second kappa shape index (κ2) is 7.88. The molecule has 156 valence electrons. The van der Waals surface area contributed by atoms with Gasteiger partial charge >= 0.3 is 5.97 Å². The van der Waals surface area contributed by atoms with Crippen LogP contribution in [0.25, 0.3) is 22.3 Å². The second-order valence-corrected chi connectivity index (χ2v) is 6.85. The predicted molar refractivity (Wildman–Crippen MR) is 103 cm³/mol. The first-order chi connectivity index (χ1) is 14.3. The quantitative estimate of drug-likeness (QED) is 0.485. The van der Waals surface area contributed by atoms with E-state index < -0.39 is 36.7 Å². The fraction of sp³-hybridized carbons (Fsp3) is 0.238. The molecule has 1 aromatic heterocycles. The van der Waals surface area contributed by atoms with Crippen molar-refractivity contribution in [3.63, 3.8) is 0 Å². The van der Waals surface area contributed by atoms with Gasteiger partial charge in [-0.1, -0.05) is 30.3 Å². The molecule has 0 radical (unpaired) electrons. The normalized spacial score (nSPS) is 26.4. The highest BCUT2D eigenvalue weighted by Crippen LogP contribution is 2.28. The van der Waals surface area contributed by atoms with Crippen molar-refractivity contribution in [3.05, 3.63) is 64.8 Å². The van der Waals surface area contributed by atoms with E-state index in [4.69, 9.17) is 19.0 Å². The molecule has 0 spiro atoms. The molecule has 0 aliphatic carbocycles. The number of rotatable bonds is 4. The lowest BCUT2D eigenvalue weighted by Gasteiger charge is -2.38. The maximum Gasteiger partial charge on any atom is 0.335 e. The average molecular weight is 414 g/mol. The molecule has 1 unspecified atom stereocenters. The van der Waals surface area contributed by atoms with Crippen LogP contribution in [0.4, 0.5) is 0 Å². The van der Waals surface area contributed by atoms with Gasteiger partial charge in [0, 0.05) is 11.6 Å². The van der Waals surface area contributed by atoms with Crippen LogP contribution >= 0.6 is 0 Å². The standard InChI is InChI=1S/C21H18O9/c22-13-9-15(10-4-2-1-3-5-10)29-14-7-6-11(8-12(13)14)28-21-18(25)16(23)17(24)19(30-21)20(26)27/h1-9,16-19,21,23-25H,(H,26,27)/t16-,17-,18+,19-,21?/m0/s1. The van der Waals surface area contributed by atoms with Crippen molar-refractivity contribution in [2.75, 3.05) is 0 Å². The summed E-state index contributed by atoms with van der Waals surface area (Å²) >= 11 is 0. The van der Waals surface area contributed by atoms with E-state index in [0.29, 0.717) is 11.3 Å². The number of hydrogen-bond donors (Lipinski definition) is 4. The molecule has 1 aliphatic heterocycles. The largest absolute Gasteiger partial charge is 0.479 e. The Balaban J connectivity index is 1.63. The van der Waals surface area contributed by atoms with Gasteiger partial charge in [0.05, 0.1) is 5.39 Å². The summed E-state index contributed by atoms with van der Waals surface area (Å²) in [5.74, 6) is -1.04. The third kappa shape index (κ3) is 3.66. The Bertz CT molecular complexity index is 1120. The summed E-state index contributed by atoms with van der Waals surface area (Å²) in [5.41, 5.74) is 0.713. The zero-order valence-electron chi connectivity index (χ0n) is 15.4. The van der Waals surface area contributed by atoms with Gasteiger partial charge in [0.2, 0.25) is 6.29 Å². The highest BCUT2D eigenvalue weighted by atomic mass is 16.7. The van der Waals surface area contributed by atoms with Gasteiger partial charge in [-0.25, -0.2) is 4.79 Å². The molecule has 3 aromatic rings. The van der Waals surface area contributed by atoms with Crippen LogP contribution in [-0.2, 0) is 9.53 Å². The summed E-state index contributed by atoms with van der Waals surface area (Å²) < 4.78 is 16.3. The Morgan fingerprint density at radius 3 is 2.37 bits per heavy atom. The van der Waals surface area contributed by atoms with E-state index in [0.717, 1.165) is 5.56 Å². The first-order valence-electron chi connectivity index (χ1n) is 9.07. The van der Waals surface area contributed by atoms with Crippen molar-refractivity contribution in [3.8, 4) is 17.1 Å². The van der Waals surface area contributed by atoms with Crippen LogP contribution in [0.2, 0.25) is 0 Å². The van der Waals surface area contributed by atoms with E-state index in [1.165, 1.54) is 24.3 Å². The van der Waals surface area contributed by atoms with Crippen LogP contribution in [-0.4, -0.2) is 57.1 Å². The lowest BCUT2D eigenvalue weighted by Crippen LogP contribution is -2.61. The zero-order valence-corrected chi connectivity index (χ0v) is 15.4. The van der Waals surface area contributed by atoms with E-state index in [9.17, 15) is 24.9 Å². The van der Waals surface area contributed by atoms with Gasteiger partial charge in [0.15, 0.2) is 11.5 Å². The first-order valence-corrected chi connectivity index (χ1v) is 9.07. The molecular formula is C21H18O9. The molecule has 30 heavy (non-hydrogen) atoms. The molecule has 1 aliphatic rings. The van der Waals surface area contributed by atoms with E-state index in [1.807, 2.05) is 30.3 Å². The van der Waals surface area contributed by atoms with Crippen molar-refractivity contribution in [1.29, 1.82) is 0 Å². The molecule has 9 heteroatoms. The average Bonchev–Trinajstić information content (AvgIpc) is 2.74. The fourth-order valence-electron chi connectivity index (χ4n) is 3.24. The summed E-state index contributed by atoms with van der Waals surface area (Å²) in [5, 5.41) is 39.0. The van der Waals surface area contributed by atoms with Gasteiger partial charge in [-0.05, 0) is 18.2 Å². The van der Waals surface area contributed by atoms with Gasteiger partial charge in [-0.2, -0.15) is 0 Å². The minimum atomic E-state index is -1.82. The van der Waals surface area contributed by atoms with Gasteiger partial charge in [0.25, 0.3) is 0 Å². The summed E-state index contributed by atoms with van der Waals surface area (Å²) in [4.78, 5) is 23.8. The number of carboxylic acid groups (broad SMARTS) is 1. The summed E-state index contributed by atoms with van der Waals surface area (Å²) in [6, 6.07) is 14.7. The molecule has 4 rings (SSSR count). The molecule has 5 atom stereocenters. The number of carbonyl (C=O) groups is 1. The number of carboxylic acids is 1. The lowest BCUT2D eigenvalue weighted by atomic mass is 9.99. The van der Waals surface area contributed by atoms with Crippen LogP contribution < -0.4 is 10.2 Å². The van der Waals surface area contributed by atoms with E-state index in [-0.39, 0.29) is 16.6 Å². The number of hydrogen-bond acceptors (Lipinski definition) is 8. The molecular weight excluding hydrogens is 396 g/mol. The third-order valence-electron chi connectivity index (χ3n) is 4.82. The van der Waals surface area contributed by atoms with Crippen LogP contribution in [0.1, 0.15) is 0 Å². The van der Waals surface area contributed by atoms with E-state index in [1.54, 1.807) is 0 Å². The number of aliphatic carboxylic acids is 1. The zero-order chi connectivity index (χ0) is 21.4. The lowest BCUT2D eigenvalue weighted by molar-refractivity contribution is -0.271. The van der Waals surface area contributed by atoms with Crippen molar-refractivity contribution in [1.82, 2.24) is 0 Å². The highest BCUT2D eigenvalue weighted by molar-refractivity contribution is 5.80. The molecule has 9 nitrogen and oxygen atoms in total. The topological polar surface area (TPSA) is 147 Å². The highest BCUT2D eigenvalue weighted by Gasteiger charge is 2.48. The predicted octanol–water partition coefficient (Wildman–Crippen LogP) is 0.731. The van der Waals surface area contributed by atoms with Crippen molar-refractivity contribution < 1.29 is 39.1 Å². The minimum absolute atomic E-state index is 0.0824. The number of aliphatic hydroxyl groups excluding tert-OH is 3. The Kier molecular flexibility index (Phi) is 5.27. The Labute approximate surface area is 169 Å². The Hall–Kier alpha value is -3.24. The monoisotopic (exact) mass is 414 g/mol. The van der Waals surface area contributed by atoms with Crippen molar-refractivity contribution in [2.45, 2.75) is 30.7 Å². The molecule has 2 aromatic carbocycles. The number of aliphatic hydroxyl groups is 3. The summed E-state index contributed by atoms with van der Waals surface area (Å²) in [6.45, 7) is 0. The fourth-order valence-corrected chi connectivity index (χ4v) is 3.24. The van der Waals surface area contributed by atoms with Gasteiger partial charge in [-0.3, -0.25) is 4.79 Å². The number of fused-ring (bicyclic) bond motifs is 1. The van der Waals surface area contributed by atoms with Crippen LogP contribution in [0.3, 0.4) is 0 Å². The smallest absolute Gasteiger partial charge is 0.335 e. The van der Waals surface area contributed by atoms with Crippen molar-refractivity contribution >= 4 is 16.9 Å². The maximum absolute atomic E-state index is 12.6. The molecule has 1 fully saturated rings. The third-order valence-corrected chi connectivity index (χ3v) is 4.82. The molecule has 0 saturated carbocycles. The van der Waals surface area contributed by atoms with Gasteiger partial charge in [-0.15, -0.1) is 0 Å². The summed E-state index contributed by atoms with van der Waals surface area (Å²) in [7, 11) is 0. The molecule has 0 amide bonds. The first kappa shape index (κ1) is 20.0. The van der Waals surface area contributed by atoms with Gasteiger partial charge in [0.1, 0.15) is 35.4 Å². The van der Waals surface area contributed by atoms with Gasteiger partial charge < -0.3 is 34.3 Å². The van der Waals surface area contributed by atoms with E-state index >= 15 is 0 Å². The van der Waals surface area contributed by atoms with E-state index in [2.05, 4.69) is 0 Å². The van der Waals surface area contributed by atoms with Crippen LogP contribution in [0.15, 0.2) is 63.8 Å². The number of benzene rings is 2. The Morgan fingerprint density at radius 2 is 1.67 bits per heavy atom. The SMILES string of the molecule is O=C(O)[C@H]1OC(Oc2ccc3oc(-c4ccccc4)cc(=O)c3c2)[C@H](O)[C@@H](O)[C@@H]1O. The summed E-state index contributed by atoms with van der Waals surface area (Å²) in [6.07, 6.45) is -8.67.